The third-order valence-electron chi connectivity index (χ3n) is 2.90. The van der Waals surface area contributed by atoms with Gasteiger partial charge in [-0.3, -0.25) is 4.79 Å². The van der Waals surface area contributed by atoms with Gasteiger partial charge >= 0.3 is 0 Å². The molecule has 0 radical (unpaired) electrons. The van der Waals surface area contributed by atoms with E-state index < -0.39 is 0 Å². The van der Waals surface area contributed by atoms with Crippen molar-refractivity contribution < 1.29 is 4.79 Å². The highest BCUT2D eigenvalue weighted by Crippen LogP contribution is 2.15. The van der Waals surface area contributed by atoms with Crippen LogP contribution in [0, 0.1) is 0 Å². The highest BCUT2D eigenvalue weighted by atomic mass is 16.1. The van der Waals surface area contributed by atoms with E-state index in [-0.39, 0.29) is 5.91 Å². The maximum Gasteiger partial charge on any atom is 0.221 e. The summed E-state index contributed by atoms with van der Waals surface area (Å²) >= 11 is 0. The summed E-state index contributed by atoms with van der Waals surface area (Å²) < 4.78 is 0. The summed E-state index contributed by atoms with van der Waals surface area (Å²) in [7, 11) is 2.13. The molecule has 1 N–H and O–H groups in total. The van der Waals surface area contributed by atoms with Gasteiger partial charge in [0.15, 0.2) is 0 Å². The van der Waals surface area contributed by atoms with Gasteiger partial charge in [0.05, 0.1) is 11.9 Å². The first-order valence-electron chi connectivity index (χ1n) is 5.82. The molecule has 0 unspecified atom stereocenters. The minimum absolute atomic E-state index is 0.0702. The Labute approximate surface area is 101 Å². The molecular weight excluding hydrogens is 216 g/mol. The van der Waals surface area contributed by atoms with Gasteiger partial charge in [-0.15, -0.1) is 0 Å². The Balaban J connectivity index is 2.00. The van der Waals surface area contributed by atoms with Gasteiger partial charge < -0.3 is 15.1 Å². The van der Waals surface area contributed by atoms with E-state index in [0.717, 1.165) is 37.7 Å². The maximum absolute atomic E-state index is 10.9. The van der Waals surface area contributed by atoms with Crippen molar-refractivity contribution in [1.82, 2.24) is 9.88 Å². The third-order valence-corrected chi connectivity index (χ3v) is 2.90. The van der Waals surface area contributed by atoms with Crippen molar-refractivity contribution in [3.8, 4) is 0 Å². The molecule has 0 aliphatic carbocycles. The standard InChI is InChI=1S/C12H18N4O/c1-10(17)14-11-3-4-12(13-9-11)16-7-5-15(2)6-8-16/h3-4,9H,5-8H2,1-2H3,(H,14,17). The summed E-state index contributed by atoms with van der Waals surface area (Å²) in [5.74, 6) is 0.909. The molecule has 1 aliphatic heterocycles. The number of rotatable bonds is 2. The second kappa shape index (κ2) is 5.14. The van der Waals surface area contributed by atoms with Crippen LogP contribution >= 0.6 is 0 Å². The number of nitrogens with zero attached hydrogens (tertiary/aromatic N) is 3. The topological polar surface area (TPSA) is 48.5 Å². The highest BCUT2D eigenvalue weighted by molar-refractivity contribution is 5.88. The number of hydrogen-bond acceptors (Lipinski definition) is 4. The van der Waals surface area contributed by atoms with Crippen LogP contribution in [0.25, 0.3) is 0 Å². The van der Waals surface area contributed by atoms with Gasteiger partial charge in [-0.1, -0.05) is 0 Å². The van der Waals surface area contributed by atoms with Gasteiger partial charge in [0.25, 0.3) is 0 Å². The van der Waals surface area contributed by atoms with Crippen LogP contribution in [0.4, 0.5) is 11.5 Å². The second-order valence-corrected chi connectivity index (χ2v) is 4.38. The molecule has 5 heteroatoms. The van der Waals surface area contributed by atoms with Crippen molar-refractivity contribution in [1.29, 1.82) is 0 Å². The minimum Gasteiger partial charge on any atom is -0.354 e. The molecular formula is C12H18N4O. The summed E-state index contributed by atoms with van der Waals surface area (Å²) in [5, 5.41) is 2.71. The van der Waals surface area contributed by atoms with Crippen LogP contribution in [0.15, 0.2) is 18.3 Å². The first-order chi connectivity index (χ1) is 8.15. The molecule has 1 amide bonds. The number of anilines is 2. The normalized spacial score (nSPS) is 16.9. The zero-order valence-electron chi connectivity index (χ0n) is 10.3. The molecule has 1 aliphatic rings. The van der Waals surface area contributed by atoms with Crippen molar-refractivity contribution in [2.75, 3.05) is 43.4 Å². The molecule has 1 aromatic heterocycles. The van der Waals surface area contributed by atoms with Crippen molar-refractivity contribution in [3.05, 3.63) is 18.3 Å². The minimum atomic E-state index is -0.0702. The van der Waals surface area contributed by atoms with Crippen LogP contribution in [0.2, 0.25) is 0 Å². The predicted octanol–water partition coefficient (Wildman–Crippen LogP) is 0.792. The molecule has 2 rings (SSSR count). The maximum atomic E-state index is 10.9. The number of carbonyl (C=O) groups is 1. The lowest BCUT2D eigenvalue weighted by molar-refractivity contribution is -0.114. The smallest absolute Gasteiger partial charge is 0.221 e. The van der Waals surface area contributed by atoms with Crippen LogP contribution in [-0.2, 0) is 4.79 Å². The van der Waals surface area contributed by atoms with E-state index >= 15 is 0 Å². The first kappa shape index (κ1) is 11.9. The van der Waals surface area contributed by atoms with Crippen LogP contribution in [0.5, 0.6) is 0 Å². The fraction of sp³-hybridized carbons (Fsp3) is 0.500. The lowest BCUT2D eigenvalue weighted by atomic mass is 10.3. The van der Waals surface area contributed by atoms with E-state index in [4.69, 9.17) is 0 Å². The third kappa shape index (κ3) is 3.17. The van der Waals surface area contributed by atoms with Gasteiger partial charge in [-0.25, -0.2) is 4.98 Å². The number of pyridine rings is 1. The average Bonchev–Trinajstić information content (AvgIpc) is 2.30. The summed E-state index contributed by atoms with van der Waals surface area (Å²) in [5.41, 5.74) is 0.746. The van der Waals surface area contributed by atoms with Gasteiger partial charge in [0.1, 0.15) is 5.82 Å². The Morgan fingerprint density at radius 1 is 1.29 bits per heavy atom. The molecule has 92 valence electrons. The SMILES string of the molecule is CC(=O)Nc1ccc(N2CCN(C)CC2)nc1. The summed E-state index contributed by atoms with van der Waals surface area (Å²) in [4.78, 5) is 19.8. The lowest BCUT2D eigenvalue weighted by Gasteiger charge is -2.33. The molecule has 1 saturated heterocycles. The van der Waals surface area contributed by atoms with Crippen molar-refractivity contribution in [3.63, 3.8) is 0 Å². The Hall–Kier alpha value is -1.62. The molecule has 2 heterocycles. The molecule has 1 aromatic rings. The predicted molar refractivity (Wildman–Crippen MR) is 68.3 cm³/mol. The number of hydrogen-bond donors (Lipinski definition) is 1. The Bertz CT molecular complexity index is 382. The molecule has 0 saturated carbocycles. The van der Waals surface area contributed by atoms with Crippen molar-refractivity contribution in [2.24, 2.45) is 0 Å². The fourth-order valence-electron chi connectivity index (χ4n) is 1.89. The van der Waals surface area contributed by atoms with Gasteiger partial charge in [-0.05, 0) is 19.2 Å². The number of amides is 1. The summed E-state index contributed by atoms with van der Waals surface area (Å²) in [6.45, 7) is 5.63. The quantitative estimate of drug-likeness (QED) is 0.822. The van der Waals surface area contributed by atoms with E-state index in [9.17, 15) is 4.79 Å². The lowest BCUT2D eigenvalue weighted by Crippen LogP contribution is -2.44. The van der Waals surface area contributed by atoms with Crippen molar-refractivity contribution >= 4 is 17.4 Å². The van der Waals surface area contributed by atoms with Gasteiger partial charge in [0.2, 0.25) is 5.91 Å². The molecule has 0 aromatic carbocycles. The number of piperazine rings is 1. The van der Waals surface area contributed by atoms with E-state index in [0.29, 0.717) is 0 Å². The van der Waals surface area contributed by atoms with Crippen molar-refractivity contribution in [2.45, 2.75) is 6.92 Å². The largest absolute Gasteiger partial charge is 0.354 e. The molecule has 5 nitrogen and oxygen atoms in total. The number of aromatic nitrogens is 1. The monoisotopic (exact) mass is 234 g/mol. The van der Waals surface area contributed by atoms with Crippen LogP contribution in [0.3, 0.4) is 0 Å². The first-order valence-corrected chi connectivity index (χ1v) is 5.82. The van der Waals surface area contributed by atoms with E-state index in [2.05, 4.69) is 27.1 Å². The average molecular weight is 234 g/mol. The van der Waals surface area contributed by atoms with E-state index in [1.54, 1.807) is 6.20 Å². The Morgan fingerprint density at radius 3 is 2.53 bits per heavy atom. The Morgan fingerprint density at radius 2 is 2.00 bits per heavy atom. The zero-order chi connectivity index (χ0) is 12.3. The van der Waals surface area contributed by atoms with Crippen LogP contribution in [-0.4, -0.2) is 49.0 Å². The molecule has 17 heavy (non-hydrogen) atoms. The molecule has 1 fully saturated rings. The van der Waals surface area contributed by atoms with E-state index in [1.807, 2.05) is 12.1 Å². The number of nitrogens with one attached hydrogen (secondary N) is 1. The molecule has 0 spiro atoms. The fourth-order valence-corrected chi connectivity index (χ4v) is 1.89. The Kier molecular flexibility index (Phi) is 3.58. The summed E-state index contributed by atoms with van der Waals surface area (Å²) in [6.07, 6.45) is 1.70. The van der Waals surface area contributed by atoms with Gasteiger partial charge in [0, 0.05) is 33.1 Å². The van der Waals surface area contributed by atoms with Gasteiger partial charge in [-0.2, -0.15) is 0 Å². The molecule has 0 atom stereocenters. The van der Waals surface area contributed by atoms with E-state index in [1.165, 1.54) is 6.92 Å². The van der Waals surface area contributed by atoms with Crippen LogP contribution < -0.4 is 10.2 Å². The summed E-state index contributed by atoms with van der Waals surface area (Å²) in [6, 6.07) is 3.85. The zero-order valence-corrected chi connectivity index (χ0v) is 10.3. The molecule has 0 bridgehead atoms. The second-order valence-electron chi connectivity index (χ2n) is 4.38. The number of likely N-dealkylation sites (N-methyl/N-ethyl adjacent to an activating group) is 1. The highest BCUT2D eigenvalue weighted by Gasteiger charge is 2.14. The number of carbonyl (C=O) groups excluding carboxylic acids is 1. The van der Waals surface area contributed by atoms with Crippen LogP contribution in [0.1, 0.15) is 6.92 Å².